The fourth-order valence-electron chi connectivity index (χ4n) is 3.70. The molecule has 3 N–H and O–H groups in total. The predicted molar refractivity (Wildman–Crippen MR) is 110 cm³/mol. The number of imidazole rings is 1. The minimum Gasteiger partial charge on any atom is -0.365 e. The van der Waals surface area contributed by atoms with Crippen LogP contribution < -0.4 is 11.1 Å². The predicted octanol–water partition coefficient (Wildman–Crippen LogP) is 4.01. The number of pyridine rings is 1. The highest BCUT2D eigenvalue weighted by Crippen LogP contribution is 2.38. The summed E-state index contributed by atoms with van der Waals surface area (Å²) in [6.07, 6.45) is 5.77. The molecule has 3 aromatic heterocycles. The molecule has 140 valence electrons. The third-order valence-corrected chi connectivity index (χ3v) is 6.64. The van der Waals surface area contributed by atoms with Gasteiger partial charge >= 0.3 is 0 Å². The van der Waals surface area contributed by atoms with Crippen molar-refractivity contribution in [3.8, 4) is 0 Å². The summed E-state index contributed by atoms with van der Waals surface area (Å²) in [5.74, 6) is -0.781. The van der Waals surface area contributed by atoms with E-state index in [-0.39, 0.29) is 5.91 Å². The first kappa shape index (κ1) is 18.2. The number of hydrogen-bond acceptors (Lipinski definition) is 4. The van der Waals surface area contributed by atoms with E-state index in [1.54, 1.807) is 11.3 Å². The van der Waals surface area contributed by atoms with Crippen LogP contribution in [-0.4, -0.2) is 21.2 Å². The summed E-state index contributed by atoms with van der Waals surface area (Å²) >= 11 is 4.97. The first-order valence-corrected chi connectivity index (χ1v) is 10.4. The molecule has 0 spiro atoms. The molecule has 2 amide bonds. The smallest absolute Gasteiger partial charge is 0.275 e. The topological polar surface area (TPSA) is 89.5 Å². The van der Waals surface area contributed by atoms with Gasteiger partial charge in [0, 0.05) is 11.1 Å². The number of nitrogens with two attached hydrogens (primary N) is 1. The van der Waals surface area contributed by atoms with Crippen molar-refractivity contribution >= 4 is 49.7 Å². The number of fused-ring (bicyclic) bond motifs is 2. The van der Waals surface area contributed by atoms with Gasteiger partial charge in [-0.1, -0.05) is 0 Å². The van der Waals surface area contributed by atoms with Crippen LogP contribution in [0.3, 0.4) is 0 Å². The molecule has 0 radical (unpaired) electrons. The van der Waals surface area contributed by atoms with Crippen molar-refractivity contribution in [1.82, 2.24) is 9.38 Å². The summed E-state index contributed by atoms with van der Waals surface area (Å²) in [7, 11) is 0. The van der Waals surface area contributed by atoms with Gasteiger partial charge in [0.2, 0.25) is 0 Å². The zero-order chi connectivity index (χ0) is 19.3. The van der Waals surface area contributed by atoms with E-state index in [0.29, 0.717) is 27.6 Å². The van der Waals surface area contributed by atoms with Crippen LogP contribution >= 0.6 is 27.3 Å². The summed E-state index contributed by atoms with van der Waals surface area (Å²) in [5.41, 5.74) is 9.87. The van der Waals surface area contributed by atoms with Crippen LogP contribution in [0, 0.1) is 13.8 Å². The van der Waals surface area contributed by atoms with Crippen molar-refractivity contribution in [3.05, 3.63) is 49.7 Å². The molecule has 4 rings (SSSR count). The molecular formula is C19H19BrN4O2S. The SMILES string of the molecule is Cc1cc(Br)c2nc(C)c(C(=O)Nc3sc4c(c3C(N)=O)CCCC4)n2c1. The van der Waals surface area contributed by atoms with Gasteiger partial charge in [0.25, 0.3) is 11.8 Å². The summed E-state index contributed by atoms with van der Waals surface area (Å²) in [6, 6.07) is 1.96. The number of aryl methyl sites for hydroxylation is 3. The van der Waals surface area contributed by atoms with Gasteiger partial charge < -0.3 is 11.1 Å². The van der Waals surface area contributed by atoms with E-state index in [4.69, 9.17) is 5.73 Å². The lowest BCUT2D eigenvalue weighted by atomic mass is 9.95. The molecule has 0 saturated carbocycles. The van der Waals surface area contributed by atoms with Crippen LogP contribution in [0.25, 0.3) is 5.65 Å². The number of nitrogens with zero attached hydrogens (tertiary/aromatic N) is 2. The molecule has 1 aliphatic carbocycles. The quantitative estimate of drug-likeness (QED) is 0.636. The average molecular weight is 447 g/mol. The van der Waals surface area contributed by atoms with E-state index in [0.717, 1.165) is 46.2 Å². The van der Waals surface area contributed by atoms with Crippen LogP contribution in [0.1, 0.15) is 55.4 Å². The lowest BCUT2D eigenvalue weighted by Gasteiger charge is -2.11. The maximum absolute atomic E-state index is 13.1. The van der Waals surface area contributed by atoms with Crippen molar-refractivity contribution in [2.45, 2.75) is 39.5 Å². The Bertz CT molecular complexity index is 1100. The van der Waals surface area contributed by atoms with E-state index in [1.165, 1.54) is 11.3 Å². The van der Waals surface area contributed by atoms with E-state index >= 15 is 0 Å². The minimum atomic E-state index is -0.488. The molecule has 0 unspecified atom stereocenters. The molecule has 6 nitrogen and oxygen atoms in total. The number of thiophene rings is 1. The average Bonchev–Trinajstić information content (AvgIpc) is 3.11. The molecule has 1 aliphatic rings. The van der Waals surface area contributed by atoms with Gasteiger partial charge in [0.05, 0.1) is 15.7 Å². The molecule has 8 heteroatoms. The molecule has 0 aromatic carbocycles. The number of primary amides is 1. The van der Waals surface area contributed by atoms with Gasteiger partial charge in [-0.3, -0.25) is 14.0 Å². The van der Waals surface area contributed by atoms with E-state index < -0.39 is 5.91 Å². The normalized spacial score (nSPS) is 13.6. The highest BCUT2D eigenvalue weighted by atomic mass is 79.9. The Kier molecular flexibility index (Phi) is 4.55. The maximum atomic E-state index is 13.1. The van der Waals surface area contributed by atoms with Gasteiger partial charge in [-0.15, -0.1) is 11.3 Å². The number of anilines is 1. The van der Waals surface area contributed by atoms with E-state index in [1.807, 2.05) is 19.2 Å². The second-order valence-corrected chi connectivity index (χ2v) is 8.80. The highest BCUT2D eigenvalue weighted by Gasteiger charge is 2.26. The summed E-state index contributed by atoms with van der Waals surface area (Å²) in [4.78, 5) is 30.8. The molecule has 3 heterocycles. The Morgan fingerprint density at radius 1 is 1.30 bits per heavy atom. The van der Waals surface area contributed by atoms with Gasteiger partial charge in [-0.25, -0.2) is 4.98 Å². The first-order valence-electron chi connectivity index (χ1n) is 8.77. The lowest BCUT2D eigenvalue weighted by Crippen LogP contribution is -2.20. The van der Waals surface area contributed by atoms with Crippen molar-refractivity contribution in [3.63, 3.8) is 0 Å². The number of carbonyl (C=O) groups is 2. The summed E-state index contributed by atoms with van der Waals surface area (Å²) in [5, 5.41) is 3.47. The largest absolute Gasteiger partial charge is 0.365 e. The number of carbonyl (C=O) groups excluding carboxylic acids is 2. The number of rotatable bonds is 3. The first-order chi connectivity index (χ1) is 12.9. The van der Waals surface area contributed by atoms with Gasteiger partial charge in [-0.2, -0.15) is 0 Å². The monoisotopic (exact) mass is 446 g/mol. The fraction of sp³-hybridized carbons (Fsp3) is 0.316. The molecule has 0 saturated heterocycles. The number of amides is 2. The number of aromatic nitrogens is 2. The molecule has 3 aromatic rings. The standard InChI is InChI=1S/C19H19BrN4O2S/c1-9-7-12(20)17-22-10(2)15(24(17)8-9)18(26)23-19-14(16(21)25)11-5-3-4-6-13(11)27-19/h7-8H,3-6H2,1-2H3,(H2,21,25)(H,23,26). The Morgan fingerprint density at radius 3 is 2.78 bits per heavy atom. The number of hydrogen-bond donors (Lipinski definition) is 2. The van der Waals surface area contributed by atoms with Crippen LogP contribution in [0.2, 0.25) is 0 Å². The van der Waals surface area contributed by atoms with Crippen molar-refractivity contribution < 1.29 is 9.59 Å². The number of nitrogens with one attached hydrogen (secondary N) is 1. The Balaban J connectivity index is 1.78. The Hall–Kier alpha value is -2.19. The van der Waals surface area contributed by atoms with E-state index in [2.05, 4.69) is 26.2 Å². The zero-order valence-electron chi connectivity index (χ0n) is 15.1. The van der Waals surface area contributed by atoms with Crippen molar-refractivity contribution in [2.24, 2.45) is 5.73 Å². The Labute approximate surface area is 168 Å². The Morgan fingerprint density at radius 2 is 2.04 bits per heavy atom. The second-order valence-electron chi connectivity index (χ2n) is 6.84. The van der Waals surface area contributed by atoms with Crippen LogP contribution in [0.5, 0.6) is 0 Å². The van der Waals surface area contributed by atoms with Crippen LogP contribution in [0.15, 0.2) is 16.7 Å². The molecule has 0 bridgehead atoms. The summed E-state index contributed by atoms with van der Waals surface area (Å²) in [6.45, 7) is 3.76. The summed E-state index contributed by atoms with van der Waals surface area (Å²) < 4.78 is 2.61. The highest BCUT2D eigenvalue weighted by molar-refractivity contribution is 9.10. The number of halogens is 1. The van der Waals surface area contributed by atoms with E-state index in [9.17, 15) is 9.59 Å². The molecular weight excluding hydrogens is 428 g/mol. The third kappa shape index (κ3) is 3.06. The molecule has 27 heavy (non-hydrogen) atoms. The van der Waals surface area contributed by atoms with Crippen LogP contribution in [-0.2, 0) is 12.8 Å². The second kappa shape index (κ2) is 6.76. The van der Waals surface area contributed by atoms with Crippen molar-refractivity contribution in [1.29, 1.82) is 0 Å². The fourth-order valence-corrected chi connectivity index (χ4v) is 5.63. The molecule has 0 aliphatic heterocycles. The maximum Gasteiger partial charge on any atom is 0.275 e. The lowest BCUT2D eigenvalue weighted by molar-refractivity contribution is 0.100. The van der Waals surface area contributed by atoms with Gasteiger partial charge in [-0.05, 0) is 72.7 Å². The molecule has 0 fully saturated rings. The van der Waals surface area contributed by atoms with Crippen molar-refractivity contribution in [2.75, 3.05) is 5.32 Å². The molecule has 0 atom stereocenters. The zero-order valence-corrected chi connectivity index (χ0v) is 17.5. The van der Waals surface area contributed by atoms with Gasteiger partial charge in [0.15, 0.2) is 5.65 Å². The minimum absolute atomic E-state index is 0.293. The van der Waals surface area contributed by atoms with Crippen LogP contribution in [0.4, 0.5) is 5.00 Å². The third-order valence-electron chi connectivity index (χ3n) is 4.85. The van der Waals surface area contributed by atoms with Gasteiger partial charge in [0.1, 0.15) is 10.7 Å².